The maximum absolute atomic E-state index is 12.1. The summed E-state index contributed by atoms with van der Waals surface area (Å²) in [6.45, 7) is 1.31. The van der Waals surface area contributed by atoms with E-state index in [9.17, 15) is 14.9 Å². The second-order valence-electron chi connectivity index (χ2n) is 8.84. The van der Waals surface area contributed by atoms with Gasteiger partial charge in [-0.3, -0.25) is 19.6 Å². The van der Waals surface area contributed by atoms with Gasteiger partial charge in [-0.1, -0.05) is 0 Å². The molecule has 0 spiro atoms. The highest BCUT2D eigenvalue weighted by Crippen LogP contribution is 2.61. The van der Waals surface area contributed by atoms with Crippen molar-refractivity contribution in [1.82, 2.24) is 15.1 Å². The van der Waals surface area contributed by atoms with Gasteiger partial charge in [-0.2, -0.15) is 5.10 Å². The molecule has 26 heavy (non-hydrogen) atoms. The Morgan fingerprint density at radius 3 is 2.50 bits per heavy atom. The van der Waals surface area contributed by atoms with Crippen LogP contribution in [0.1, 0.15) is 57.8 Å². The van der Waals surface area contributed by atoms with Crippen molar-refractivity contribution in [3.63, 3.8) is 0 Å². The van der Waals surface area contributed by atoms with Crippen molar-refractivity contribution in [1.29, 1.82) is 0 Å². The van der Waals surface area contributed by atoms with Gasteiger partial charge in [-0.05, 0) is 74.5 Å². The summed E-state index contributed by atoms with van der Waals surface area (Å²) in [6.07, 6.45) is 13.4. The van der Waals surface area contributed by atoms with E-state index in [1.165, 1.54) is 55.6 Å². The molecule has 7 heteroatoms. The molecule has 1 amide bonds. The Morgan fingerprint density at radius 1 is 1.27 bits per heavy atom. The van der Waals surface area contributed by atoms with Crippen molar-refractivity contribution in [2.24, 2.45) is 23.2 Å². The molecular formula is C19H28N4O3. The number of amides is 1. The average Bonchev–Trinajstić information content (AvgIpc) is 3.02. The van der Waals surface area contributed by atoms with Crippen LogP contribution in [0, 0.1) is 33.3 Å². The van der Waals surface area contributed by atoms with Crippen LogP contribution in [-0.4, -0.2) is 27.2 Å². The Kier molecular flexibility index (Phi) is 4.71. The average molecular weight is 360 g/mol. The van der Waals surface area contributed by atoms with E-state index >= 15 is 0 Å². The topological polar surface area (TPSA) is 90.1 Å². The summed E-state index contributed by atoms with van der Waals surface area (Å²) in [5.41, 5.74) is 0.501. The molecular weight excluding hydrogens is 332 g/mol. The minimum absolute atomic E-state index is 0.00924. The van der Waals surface area contributed by atoms with Gasteiger partial charge in [0, 0.05) is 19.5 Å². The van der Waals surface area contributed by atoms with Crippen molar-refractivity contribution >= 4 is 11.6 Å². The second kappa shape index (κ2) is 7.00. The maximum Gasteiger partial charge on any atom is 0.306 e. The zero-order valence-corrected chi connectivity index (χ0v) is 15.2. The lowest BCUT2D eigenvalue weighted by Gasteiger charge is -2.57. The molecule has 0 atom stereocenters. The number of nitrogens with one attached hydrogen (secondary N) is 1. The van der Waals surface area contributed by atoms with Gasteiger partial charge in [-0.25, -0.2) is 0 Å². The zero-order chi connectivity index (χ0) is 18.1. The second-order valence-corrected chi connectivity index (χ2v) is 8.84. The van der Waals surface area contributed by atoms with E-state index in [1.807, 2.05) is 0 Å². The van der Waals surface area contributed by atoms with Gasteiger partial charge < -0.3 is 5.32 Å². The molecule has 142 valence electrons. The van der Waals surface area contributed by atoms with Gasteiger partial charge >= 0.3 is 5.69 Å². The molecule has 0 radical (unpaired) electrons. The molecule has 4 bridgehead atoms. The van der Waals surface area contributed by atoms with E-state index in [4.69, 9.17) is 0 Å². The molecule has 5 rings (SSSR count). The van der Waals surface area contributed by atoms with E-state index in [0.717, 1.165) is 30.7 Å². The Morgan fingerprint density at radius 2 is 1.92 bits per heavy atom. The molecule has 7 nitrogen and oxygen atoms in total. The molecule has 4 aliphatic rings. The fourth-order valence-electron chi connectivity index (χ4n) is 6.12. The Labute approximate surface area is 153 Å². The lowest BCUT2D eigenvalue weighted by molar-refractivity contribution is -0.385. The zero-order valence-electron chi connectivity index (χ0n) is 15.2. The highest BCUT2D eigenvalue weighted by Gasteiger charge is 2.50. The molecule has 0 saturated heterocycles. The minimum atomic E-state index is -0.458. The van der Waals surface area contributed by atoms with Crippen LogP contribution in [0.25, 0.3) is 0 Å². The Balaban J connectivity index is 1.16. The van der Waals surface area contributed by atoms with Crippen molar-refractivity contribution in [3.05, 3.63) is 22.5 Å². The van der Waals surface area contributed by atoms with Gasteiger partial charge in [0.05, 0.1) is 4.92 Å². The summed E-state index contributed by atoms with van der Waals surface area (Å²) in [5.74, 6) is 2.94. The number of nitro groups is 1. The predicted octanol–water partition coefficient (Wildman–Crippen LogP) is 3.29. The molecule has 0 aromatic carbocycles. The monoisotopic (exact) mass is 360 g/mol. The van der Waals surface area contributed by atoms with Gasteiger partial charge in [0.25, 0.3) is 0 Å². The predicted molar refractivity (Wildman–Crippen MR) is 96.3 cm³/mol. The molecule has 4 aliphatic carbocycles. The third kappa shape index (κ3) is 3.76. The Bertz CT molecular complexity index is 649. The smallest absolute Gasteiger partial charge is 0.306 e. The third-order valence-electron chi connectivity index (χ3n) is 6.76. The first-order valence-electron chi connectivity index (χ1n) is 9.95. The standard InChI is InChI=1S/C19H28N4O3/c24-18(2-1-5-22-13-17(12-21-22)23(25)26)20-4-3-19-9-14-6-15(10-19)8-16(7-14)11-19/h12-16H,1-11H2,(H,20,24). The van der Waals surface area contributed by atoms with Crippen LogP contribution in [0.4, 0.5) is 5.69 Å². The van der Waals surface area contributed by atoms with Crippen LogP contribution in [-0.2, 0) is 11.3 Å². The van der Waals surface area contributed by atoms with E-state index < -0.39 is 4.92 Å². The first-order chi connectivity index (χ1) is 12.5. The minimum Gasteiger partial charge on any atom is -0.356 e. The van der Waals surface area contributed by atoms with Crippen molar-refractivity contribution in [2.45, 2.75) is 64.3 Å². The van der Waals surface area contributed by atoms with Crippen LogP contribution in [0.2, 0.25) is 0 Å². The number of nitrogens with zero attached hydrogens (tertiary/aromatic N) is 3. The fourth-order valence-corrected chi connectivity index (χ4v) is 6.12. The number of hydrogen-bond acceptors (Lipinski definition) is 4. The number of rotatable bonds is 8. The molecule has 0 unspecified atom stereocenters. The lowest BCUT2D eigenvalue weighted by atomic mass is 9.49. The normalized spacial score (nSPS) is 31.9. The van der Waals surface area contributed by atoms with E-state index in [1.54, 1.807) is 0 Å². The van der Waals surface area contributed by atoms with Crippen LogP contribution in [0.5, 0.6) is 0 Å². The van der Waals surface area contributed by atoms with Crippen molar-refractivity contribution in [3.8, 4) is 0 Å². The van der Waals surface area contributed by atoms with Crippen molar-refractivity contribution in [2.75, 3.05) is 6.54 Å². The third-order valence-corrected chi connectivity index (χ3v) is 6.76. The summed E-state index contributed by atoms with van der Waals surface area (Å²) in [7, 11) is 0. The van der Waals surface area contributed by atoms with Crippen LogP contribution < -0.4 is 5.32 Å². The van der Waals surface area contributed by atoms with Gasteiger partial charge in [0.1, 0.15) is 12.4 Å². The summed E-state index contributed by atoms with van der Waals surface area (Å²) < 4.78 is 1.53. The molecule has 4 fully saturated rings. The molecule has 0 aliphatic heterocycles. The number of aryl methyl sites for hydroxylation is 1. The first kappa shape index (κ1) is 17.5. The van der Waals surface area contributed by atoms with Gasteiger partial charge in [0.15, 0.2) is 0 Å². The van der Waals surface area contributed by atoms with Gasteiger partial charge in [-0.15, -0.1) is 0 Å². The number of hydrogen-bond donors (Lipinski definition) is 1. The lowest BCUT2D eigenvalue weighted by Crippen LogP contribution is -2.47. The van der Waals surface area contributed by atoms with Crippen LogP contribution in [0.15, 0.2) is 12.4 Å². The SMILES string of the molecule is O=C(CCCn1cc([N+](=O)[O-])cn1)NCCC12CC3CC(CC(C3)C1)C2. The fraction of sp³-hybridized carbons (Fsp3) is 0.789. The molecule has 1 aromatic heterocycles. The number of carbonyl (C=O) groups excluding carboxylic acids is 1. The number of aromatic nitrogens is 2. The quantitative estimate of drug-likeness (QED) is 0.569. The van der Waals surface area contributed by atoms with Crippen LogP contribution >= 0.6 is 0 Å². The molecule has 4 saturated carbocycles. The van der Waals surface area contributed by atoms with E-state index in [2.05, 4.69) is 10.4 Å². The molecule has 1 heterocycles. The largest absolute Gasteiger partial charge is 0.356 e. The first-order valence-corrected chi connectivity index (χ1v) is 9.95. The summed E-state index contributed by atoms with van der Waals surface area (Å²) in [5, 5.41) is 17.7. The molecule has 1 N–H and O–H groups in total. The van der Waals surface area contributed by atoms with Crippen molar-refractivity contribution < 1.29 is 9.72 Å². The van der Waals surface area contributed by atoms with Gasteiger partial charge in [0.2, 0.25) is 5.91 Å². The van der Waals surface area contributed by atoms with E-state index in [-0.39, 0.29) is 11.6 Å². The maximum atomic E-state index is 12.1. The van der Waals surface area contributed by atoms with E-state index in [0.29, 0.717) is 24.8 Å². The Hall–Kier alpha value is -1.92. The highest BCUT2D eigenvalue weighted by molar-refractivity contribution is 5.75. The number of carbonyl (C=O) groups is 1. The van der Waals surface area contributed by atoms with Crippen LogP contribution in [0.3, 0.4) is 0 Å². The molecule has 1 aromatic rings. The highest BCUT2D eigenvalue weighted by atomic mass is 16.6. The summed E-state index contributed by atoms with van der Waals surface area (Å²) in [4.78, 5) is 22.3. The summed E-state index contributed by atoms with van der Waals surface area (Å²) >= 11 is 0. The summed E-state index contributed by atoms with van der Waals surface area (Å²) in [6, 6.07) is 0.